The Morgan fingerprint density at radius 2 is 1.89 bits per heavy atom. The molecular weight excluding hydrogens is 262 g/mol. The van der Waals surface area contributed by atoms with Crippen LogP contribution in [0, 0.1) is 11.6 Å². The molecule has 1 aliphatic rings. The Balaban J connectivity index is 2.43. The molecule has 0 saturated heterocycles. The molecule has 0 unspecified atom stereocenters. The molecule has 2 N–H and O–H groups in total. The number of hydrogen-bond donors (Lipinski definition) is 1. The first-order chi connectivity index (χ1) is 8.34. The summed E-state index contributed by atoms with van der Waals surface area (Å²) in [5.74, 6) is -2.08. The van der Waals surface area contributed by atoms with Gasteiger partial charge in [-0.2, -0.15) is 4.31 Å². The Bertz CT molecular complexity index is 571. The minimum Gasteiger partial charge on any atom is -0.396 e. The van der Waals surface area contributed by atoms with E-state index < -0.39 is 26.6 Å². The first-order valence-corrected chi connectivity index (χ1v) is 7.00. The largest absolute Gasteiger partial charge is 0.396 e. The Kier molecular flexibility index (Phi) is 3.29. The maximum absolute atomic E-state index is 13.6. The van der Waals surface area contributed by atoms with Crippen LogP contribution in [0.25, 0.3) is 0 Å². The van der Waals surface area contributed by atoms with Crippen molar-refractivity contribution in [1.29, 1.82) is 0 Å². The normalized spacial score (nSPS) is 16.9. The molecule has 1 fully saturated rings. The lowest BCUT2D eigenvalue weighted by molar-refractivity contribution is 0.249. The van der Waals surface area contributed by atoms with Crippen molar-refractivity contribution in [3.8, 4) is 0 Å². The molecule has 1 aliphatic carbocycles. The van der Waals surface area contributed by atoms with Crippen LogP contribution in [-0.4, -0.2) is 25.8 Å². The standard InChI is InChI=1S/C11H14F2N2O2S/c1-15(7-3-2-4-7)18(16,17)11-6-10(14)8(12)5-9(11)13/h5-7H,2-4,14H2,1H3. The Morgan fingerprint density at radius 3 is 2.39 bits per heavy atom. The van der Waals surface area contributed by atoms with Crippen LogP contribution in [0.5, 0.6) is 0 Å². The summed E-state index contributed by atoms with van der Waals surface area (Å²) in [6, 6.07) is 1.21. The van der Waals surface area contributed by atoms with Crippen molar-refractivity contribution in [2.45, 2.75) is 30.2 Å². The average molecular weight is 276 g/mol. The highest BCUT2D eigenvalue weighted by atomic mass is 32.2. The van der Waals surface area contributed by atoms with E-state index in [9.17, 15) is 17.2 Å². The van der Waals surface area contributed by atoms with Crippen LogP contribution in [0.15, 0.2) is 17.0 Å². The van der Waals surface area contributed by atoms with Gasteiger partial charge in [-0.25, -0.2) is 17.2 Å². The zero-order valence-electron chi connectivity index (χ0n) is 9.86. The van der Waals surface area contributed by atoms with Crippen LogP contribution in [0.3, 0.4) is 0 Å². The highest BCUT2D eigenvalue weighted by molar-refractivity contribution is 7.89. The molecule has 0 aromatic heterocycles. The molecule has 1 aromatic carbocycles. The number of nitrogen functional groups attached to an aromatic ring is 1. The highest BCUT2D eigenvalue weighted by Gasteiger charge is 2.33. The summed E-state index contributed by atoms with van der Waals surface area (Å²) in [6.07, 6.45) is 2.47. The Hall–Kier alpha value is -1.21. The predicted molar refractivity (Wildman–Crippen MR) is 63.4 cm³/mol. The monoisotopic (exact) mass is 276 g/mol. The van der Waals surface area contributed by atoms with Crippen LogP contribution in [-0.2, 0) is 10.0 Å². The van der Waals surface area contributed by atoms with Gasteiger partial charge in [-0.3, -0.25) is 0 Å². The number of hydrogen-bond acceptors (Lipinski definition) is 3. The van der Waals surface area contributed by atoms with E-state index in [1.54, 1.807) is 0 Å². The maximum atomic E-state index is 13.6. The van der Waals surface area contributed by atoms with E-state index in [2.05, 4.69) is 0 Å². The zero-order chi connectivity index (χ0) is 13.5. The lowest BCUT2D eigenvalue weighted by atomic mass is 9.94. The fraction of sp³-hybridized carbons (Fsp3) is 0.455. The predicted octanol–water partition coefficient (Wildman–Crippen LogP) is 1.72. The van der Waals surface area contributed by atoms with Crippen molar-refractivity contribution < 1.29 is 17.2 Å². The summed E-state index contributed by atoms with van der Waals surface area (Å²) < 4.78 is 52.0. The third-order valence-electron chi connectivity index (χ3n) is 3.30. The van der Waals surface area contributed by atoms with Crippen molar-refractivity contribution >= 4 is 15.7 Å². The van der Waals surface area contributed by atoms with Gasteiger partial charge in [-0.05, 0) is 18.9 Å². The van der Waals surface area contributed by atoms with E-state index in [1.165, 1.54) is 7.05 Å². The number of sulfonamides is 1. The summed E-state index contributed by atoms with van der Waals surface area (Å²) in [5.41, 5.74) is 4.91. The first-order valence-electron chi connectivity index (χ1n) is 5.56. The van der Waals surface area contributed by atoms with Gasteiger partial charge in [0, 0.05) is 19.2 Å². The van der Waals surface area contributed by atoms with Crippen molar-refractivity contribution in [2.75, 3.05) is 12.8 Å². The van der Waals surface area contributed by atoms with Gasteiger partial charge in [0.15, 0.2) is 0 Å². The van der Waals surface area contributed by atoms with Gasteiger partial charge in [0.05, 0.1) is 5.69 Å². The van der Waals surface area contributed by atoms with Gasteiger partial charge in [0.25, 0.3) is 0 Å². The fourth-order valence-corrected chi connectivity index (χ4v) is 3.34. The minimum atomic E-state index is -3.96. The van der Waals surface area contributed by atoms with E-state index in [0.29, 0.717) is 6.07 Å². The molecule has 0 atom stereocenters. The SMILES string of the molecule is CN(C1CCC1)S(=O)(=O)c1cc(N)c(F)cc1F. The topological polar surface area (TPSA) is 63.4 Å². The number of rotatable bonds is 3. The van der Waals surface area contributed by atoms with Crippen molar-refractivity contribution in [2.24, 2.45) is 0 Å². The van der Waals surface area contributed by atoms with Gasteiger partial charge in [0.1, 0.15) is 16.5 Å². The number of benzene rings is 1. The van der Waals surface area contributed by atoms with E-state index in [-0.39, 0.29) is 11.7 Å². The van der Waals surface area contributed by atoms with E-state index in [4.69, 9.17) is 5.73 Å². The molecule has 0 bridgehead atoms. The van der Waals surface area contributed by atoms with E-state index >= 15 is 0 Å². The van der Waals surface area contributed by atoms with Crippen molar-refractivity contribution in [1.82, 2.24) is 4.31 Å². The second-order valence-corrected chi connectivity index (χ2v) is 6.38. The zero-order valence-corrected chi connectivity index (χ0v) is 10.7. The molecule has 0 spiro atoms. The van der Waals surface area contributed by atoms with E-state index in [1.807, 2.05) is 0 Å². The fourth-order valence-electron chi connectivity index (χ4n) is 1.84. The van der Waals surface area contributed by atoms with Gasteiger partial charge in [-0.15, -0.1) is 0 Å². The highest BCUT2D eigenvalue weighted by Crippen LogP contribution is 2.30. The molecule has 4 nitrogen and oxygen atoms in total. The van der Waals surface area contributed by atoms with Crippen LogP contribution in [0.1, 0.15) is 19.3 Å². The summed E-state index contributed by atoms with van der Waals surface area (Å²) in [6.45, 7) is 0. The second kappa shape index (κ2) is 4.47. The molecule has 0 amide bonds. The summed E-state index contributed by atoms with van der Waals surface area (Å²) >= 11 is 0. The summed E-state index contributed by atoms with van der Waals surface area (Å²) in [7, 11) is -2.56. The third-order valence-corrected chi connectivity index (χ3v) is 5.22. The molecule has 0 radical (unpaired) electrons. The molecule has 7 heteroatoms. The summed E-state index contributed by atoms with van der Waals surface area (Å²) in [4.78, 5) is -0.573. The maximum Gasteiger partial charge on any atom is 0.246 e. The van der Waals surface area contributed by atoms with Crippen LogP contribution in [0.2, 0.25) is 0 Å². The number of halogens is 2. The smallest absolute Gasteiger partial charge is 0.246 e. The van der Waals surface area contributed by atoms with Crippen LogP contribution in [0.4, 0.5) is 14.5 Å². The third kappa shape index (κ3) is 2.08. The number of anilines is 1. The Morgan fingerprint density at radius 1 is 1.28 bits per heavy atom. The number of nitrogens with two attached hydrogens (primary N) is 1. The molecule has 1 aromatic rings. The first kappa shape index (κ1) is 13.2. The lowest BCUT2D eigenvalue weighted by Crippen LogP contribution is -2.41. The summed E-state index contributed by atoms with van der Waals surface area (Å²) in [5, 5.41) is 0. The average Bonchev–Trinajstić information content (AvgIpc) is 2.20. The second-order valence-electron chi connectivity index (χ2n) is 4.41. The molecule has 100 valence electrons. The van der Waals surface area contributed by atoms with Gasteiger partial charge in [0.2, 0.25) is 10.0 Å². The molecular formula is C11H14F2N2O2S. The van der Waals surface area contributed by atoms with Crippen molar-refractivity contribution in [3.05, 3.63) is 23.8 Å². The van der Waals surface area contributed by atoms with Gasteiger partial charge < -0.3 is 5.73 Å². The molecule has 0 heterocycles. The van der Waals surface area contributed by atoms with Gasteiger partial charge in [-0.1, -0.05) is 6.42 Å². The molecule has 2 rings (SSSR count). The van der Waals surface area contributed by atoms with E-state index in [0.717, 1.165) is 29.6 Å². The molecule has 18 heavy (non-hydrogen) atoms. The van der Waals surface area contributed by atoms with Gasteiger partial charge >= 0.3 is 0 Å². The van der Waals surface area contributed by atoms with Crippen LogP contribution >= 0.6 is 0 Å². The molecule has 1 saturated carbocycles. The number of nitrogens with zero attached hydrogens (tertiary/aromatic N) is 1. The van der Waals surface area contributed by atoms with Crippen LogP contribution < -0.4 is 5.73 Å². The lowest BCUT2D eigenvalue weighted by Gasteiger charge is -2.33. The molecule has 0 aliphatic heterocycles. The Labute approximate surface area is 104 Å². The minimum absolute atomic E-state index is 0.110. The quantitative estimate of drug-likeness (QED) is 0.855. The van der Waals surface area contributed by atoms with Crippen molar-refractivity contribution in [3.63, 3.8) is 0 Å².